The fraction of sp³-hybridized carbons (Fsp3) is 0.400. The first-order valence-corrected chi connectivity index (χ1v) is 7.96. The Bertz CT molecular complexity index is 632. The molecule has 1 aromatic carbocycles. The highest BCUT2D eigenvalue weighted by atomic mass is 35.5. The molecule has 1 N–H and O–H groups in total. The minimum atomic E-state index is -0.209. The van der Waals surface area contributed by atoms with Crippen LogP contribution >= 0.6 is 23.2 Å². The fourth-order valence-corrected chi connectivity index (χ4v) is 2.69. The summed E-state index contributed by atoms with van der Waals surface area (Å²) in [5, 5.41) is 12.9. The number of hydrazone groups is 1. The second kappa shape index (κ2) is 9.45. The van der Waals surface area contributed by atoms with E-state index in [0.29, 0.717) is 18.8 Å². The van der Waals surface area contributed by atoms with Gasteiger partial charge < -0.3 is 9.47 Å². The van der Waals surface area contributed by atoms with E-state index in [4.69, 9.17) is 37.9 Å². The molecule has 2 rings (SSSR count). The largest absolute Gasteiger partial charge is 0.476 e. The molecule has 0 saturated carbocycles. The molecular formula is C15H16Cl2N4O3. The summed E-state index contributed by atoms with van der Waals surface area (Å²) in [6.07, 6.45) is 1.43. The first-order valence-electron chi connectivity index (χ1n) is 7.21. The molecule has 0 unspecified atom stereocenters. The van der Waals surface area contributed by atoms with Gasteiger partial charge >= 0.3 is 0 Å². The molecule has 9 heteroatoms. The molecular weight excluding hydrogens is 355 g/mol. The molecule has 1 fully saturated rings. The molecule has 1 aliphatic rings. The van der Waals surface area contributed by atoms with Gasteiger partial charge in [-0.25, -0.2) is 5.43 Å². The van der Waals surface area contributed by atoms with Crippen LogP contribution in [0.1, 0.15) is 5.56 Å². The first kappa shape index (κ1) is 18.5. The molecule has 0 radical (unpaired) electrons. The Kier molecular flexibility index (Phi) is 7.28. The predicted octanol–water partition coefficient (Wildman–Crippen LogP) is 1.68. The maximum Gasteiger partial charge on any atom is 0.254 e. The fourth-order valence-electron chi connectivity index (χ4n) is 2.07. The van der Waals surface area contributed by atoms with Crippen LogP contribution in [0.5, 0.6) is 5.75 Å². The van der Waals surface area contributed by atoms with Crippen LogP contribution in [0, 0.1) is 11.3 Å². The topological polar surface area (TPSA) is 86.9 Å². The van der Waals surface area contributed by atoms with Crippen molar-refractivity contribution in [2.75, 3.05) is 39.5 Å². The summed E-state index contributed by atoms with van der Waals surface area (Å²) in [4.78, 5) is 13.8. The highest BCUT2D eigenvalue weighted by Gasteiger charge is 2.13. The molecule has 1 amide bonds. The third-order valence-corrected chi connectivity index (χ3v) is 3.74. The van der Waals surface area contributed by atoms with Gasteiger partial charge in [0, 0.05) is 13.1 Å². The van der Waals surface area contributed by atoms with Gasteiger partial charge in [0.2, 0.25) is 0 Å². The monoisotopic (exact) mass is 370 g/mol. The second-order valence-corrected chi connectivity index (χ2v) is 5.76. The zero-order valence-corrected chi connectivity index (χ0v) is 14.3. The van der Waals surface area contributed by atoms with Crippen LogP contribution in [0.3, 0.4) is 0 Å². The average molecular weight is 371 g/mol. The number of benzene rings is 1. The van der Waals surface area contributed by atoms with Crippen LogP contribution in [-0.4, -0.2) is 56.5 Å². The van der Waals surface area contributed by atoms with Gasteiger partial charge in [-0.05, 0) is 17.7 Å². The van der Waals surface area contributed by atoms with Crippen LogP contribution in [0.2, 0.25) is 10.0 Å². The highest BCUT2D eigenvalue weighted by molar-refractivity contribution is 6.37. The van der Waals surface area contributed by atoms with Gasteiger partial charge in [0.05, 0.1) is 36.0 Å². The third kappa shape index (κ3) is 5.65. The van der Waals surface area contributed by atoms with Crippen LogP contribution in [0.15, 0.2) is 17.2 Å². The summed E-state index contributed by atoms with van der Waals surface area (Å²) in [6, 6.07) is 5.00. The molecule has 1 saturated heterocycles. The number of halogens is 2. The number of nitrogens with zero attached hydrogens (tertiary/aromatic N) is 3. The molecule has 0 bridgehead atoms. The molecule has 0 aromatic heterocycles. The van der Waals surface area contributed by atoms with Gasteiger partial charge in [-0.2, -0.15) is 10.4 Å². The number of hydrogen-bond donors (Lipinski definition) is 1. The molecule has 1 aromatic rings. The summed E-state index contributed by atoms with van der Waals surface area (Å²) in [5.74, 6) is 0.0349. The van der Waals surface area contributed by atoms with Crippen molar-refractivity contribution in [2.24, 2.45) is 5.10 Å². The number of hydrogen-bond acceptors (Lipinski definition) is 6. The minimum Gasteiger partial charge on any atom is -0.476 e. The second-order valence-electron chi connectivity index (χ2n) is 4.94. The number of morpholine rings is 1. The SMILES string of the molecule is N#CCOc1c(Cl)cc(/C=N/NC(=O)CN2CCOCC2)cc1Cl. The predicted molar refractivity (Wildman–Crippen MR) is 90.6 cm³/mol. The zero-order valence-electron chi connectivity index (χ0n) is 12.8. The normalized spacial score (nSPS) is 15.2. The van der Waals surface area contributed by atoms with E-state index in [0.717, 1.165) is 13.1 Å². The molecule has 24 heavy (non-hydrogen) atoms. The highest BCUT2D eigenvalue weighted by Crippen LogP contribution is 2.33. The van der Waals surface area contributed by atoms with Crippen molar-refractivity contribution in [3.05, 3.63) is 27.7 Å². The van der Waals surface area contributed by atoms with E-state index < -0.39 is 0 Å². The number of nitriles is 1. The van der Waals surface area contributed by atoms with E-state index in [9.17, 15) is 4.79 Å². The lowest BCUT2D eigenvalue weighted by Crippen LogP contribution is -2.42. The van der Waals surface area contributed by atoms with Crippen molar-refractivity contribution in [2.45, 2.75) is 0 Å². The summed E-state index contributed by atoms with van der Waals surface area (Å²) < 4.78 is 10.4. The van der Waals surface area contributed by atoms with Gasteiger partial charge in [-0.15, -0.1) is 0 Å². The van der Waals surface area contributed by atoms with E-state index >= 15 is 0 Å². The lowest BCUT2D eigenvalue weighted by atomic mass is 10.2. The van der Waals surface area contributed by atoms with E-state index in [2.05, 4.69) is 10.5 Å². The molecule has 0 spiro atoms. The van der Waals surface area contributed by atoms with E-state index in [1.165, 1.54) is 6.21 Å². The number of carbonyl (C=O) groups is 1. The first-order chi connectivity index (χ1) is 11.6. The molecule has 0 aliphatic carbocycles. The van der Waals surface area contributed by atoms with Gasteiger partial charge in [0.15, 0.2) is 12.4 Å². The van der Waals surface area contributed by atoms with E-state index in [1.54, 1.807) is 12.1 Å². The van der Waals surface area contributed by atoms with Crippen molar-refractivity contribution in [3.8, 4) is 11.8 Å². The van der Waals surface area contributed by atoms with Gasteiger partial charge in [0.25, 0.3) is 5.91 Å². The number of carbonyl (C=O) groups excluding carboxylic acids is 1. The molecule has 1 aliphatic heterocycles. The third-order valence-electron chi connectivity index (χ3n) is 3.18. The van der Waals surface area contributed by atoms with Crippen molar-refractivity contribution >= 4 is 35.3 Å². The Morgan fingerprint density at radius 2 is 2.08 bits per heavy atom. The minimum absolute atomic E-state index is 0.148. The van der Waals surface area contributed by atoms with Crippen molar-refractivity contribution < 1.29 is 14.3 Å². The van der Waals surface area contributed by atoms with E-state index in [1.807, 2.05) is 11.0 Å². The summed E-state index contributed by atoms with van der Waals surface area (Å²) in [7, 11) is 0. The molecule has 128 valence electrons. The van der Waals surface area contributed by atoms with Gasteiger partial charge in [-0.1, -0.05) is 23.2 Å². The standard InChI is InChI=1S/C15H16Cl2N4O3/c16-12-7-11(8-13(17)15(12)24-4-1-18)9-19-20-14(22)10-21-2-5-23-6-3-21/h7-9H,2-6,10H2,(H,20,22)/b19-9+. The summed E-state index contributed by atoms with van der Waals surface area (Å²) >= 11 is 12.1. The molecule has 7 nitrogen and oxygen atoms in total. The molecule has 0 atom stereocenters. The summed E-state index contributed by atoms with van der Waals surface area (Å²) in [5.41, 5.74) is 3.05. The number of nitrogens with one attached hydrogen (secondary N) is 1. The average Bonchev–Trinajstić information content (AvgIpc) is 2.55. The van der Waals surface area contributed by atoms with Gasteiger partial charge in [-0.3, -0.25) is 9.69 Å². The maximum atomic E-state index is 11.8. The van der Waals surface area contributed by atoms with Crippen LogP contribution in [0.25, 0.3) is 0 Å². The molecule has 1 heterocycles. The van der Waals surface area contributed by atoms with E-state index in [-0.39, 0.29) is 34.9 Å². The van der Waals surface area contributed by atoms with Crippen LogP contribution < -0.4 is 10.2 Å². The van der Waals surface area contributed by atoms with Crippen molar-refractivity contribution in [1.29, 1.82) is 5.26 Å². The Hall–Kier alpha value is -1.85. The lowest BCUT2D eigenvalue weighted by molar-refractivity contribution is -0.123. The quantitative estimate of drug-likeness (QED) is 0.607. The van der Waals surface area contributed by atoms with Crippen LogP contribution in [0.4, 0.5) is 0 Å². The number of ether oxygens (including phenoxy) is 2. The zero-order chi connectivity index (χ0) is 17.4. The van der Waals surface area contributed by atoms with Crippen molar-refractivity contribution in [3.63, 3.8) is 0 Å². The van der Waals surface area contributed by atoms with Crippen molar-refractivity contribution in [1.82, 2.24) is 10.3 Å². The smallest absolute Gasteiger partial charge is 0.254 e. The number of amides is 1. The lowest BCUT2D eigenvalue weighted by Gasteiger charge is -2.25. The Morgan fingerprint density at radius 3 is 2.71 bits per heavy atom. The maximum absolute atomic E-state index is 11.8. The Morgan fingerprint density at radius 1 is 1.42 bits per heavy atom. The summed E-state index contributed by atoms with van der Waals surface area (Å²) in [6.45, 7) is 2.84. The number of rotatable bonds is 6. The van der Waals surface area contributed by atoms with Crippen LogP contribution in [-0.2, 0) is 9.53 Å². The van der Waals surface area contributed by atoms with Gasteiger partial charge in [0.1, 0.15) is 6.07 Å². The Balaban J connectivity index is 1.89. The Labute approximate surface area is 149 Å².